The van der Waals surface area contributed by atoms with Crippen LogP contribution >= 0.6 is 0 Å². The predicted octanol–water partition coefficient (Wildman–Crippen LogP) is 2.34. The third-order valence-corrected chi connectivity index (χ3v) is 3.05. The molecule has 0 aromatic carbocycles. The summed E-state index contributed by atoms with van der Waals surface area (Å²) in [4.78, 5) is 26.5. The molecule has 0 bridgehead atoms. The van der Waals surface area contributed by atoms with Crippen LogP contribution in [0.15, 0.2) is 12.3 Å². The first-order valence-electron chi connectivity index (χ1n) is 6.66. The molecule has 2 N–H and O–H groups in total. The summed E-state index contributed by atoms with van der Waals surface area (Å²) >= 11 is 0. The molecule has 1 unspecified atom stereocenters. The van der Waals surface area contributed by atoms with Gasteiger partial charge < -0.3 is 10.6 Å². The Labute approximate surface area is 117 Å². The molecule has 1 atom stereocenters. The van der Waals surface area contributed by atoms with Crippen molar-refractivity contribution in [3.63, 3.8) is 0 Å². The molecule has 1 aromatic rings. The summed E-state index contributed by atoms with van der Waals surface area (Å²) in [6, 6.07) is 1.42. The quantitative estimate of drug-likeness (QED) is 0.590. The molecule has 0 saturated heterocycles. The van der Waals surface area contributed by atoms with Gasteiger partial charge in [0, 0.05) is 19.2 Å². The van der Waals surface area contributed by atoms with Crippen molar-refractivity contribution in [1.82, 2.24) is 10.3 Å². The second kappa shape index (κ2) is 7.42. The van der Waals surface area contributed by atoms with Crippen LogP contribution in [0.4, 0.5) is 11.5 Å². The lowest BCUT2D eigenvalue weighted by molar-refractivity contribution is -0.385. The Morgan fingerprint density at radius 3 is 2.70 bits per heavy atom. The molecule has 0 fully saturated rings. The molecule has 0 saturated carbocycles. The number of amides is 1. The van der Waals surface area contributed by atoms with Gasteiger partial charge in [-0.15, -0.1) is 0 Å². The summed E-state index contributed by atoms with van der Waals surface area (Å²) in [5, 5.41) is 16.6. The number of hydrogen-bond acceptors (Lipinski definition) is 5. The highest BCUT2D eigenvalue weighted by molar-refractivity contribution is 5.98. The molecule has 110 valence electrons. The van der Waals surface area contributed by atoms with Crippen LogP contribution in [0.25, 0.3) is 0 Å². The van der Waals surface area contributed by atoms with Crippen LogP contribution in [0.2, 0.25) is 0 Å². The molecular weight excluding hydrogens is 260 g/mol. The first kappa shape index (κ1) is 15.9. The third-order valence-electron chi connectivity index (χ3n) is 3.05. The number of carbonyl (C=O) groups is 1. The lowest BCUT2D eigenvalue weighted by Gasteiger charge is -2.16. The maximum Gasteiger partial charge on any atom is 0.300 e. The number of aromatic nitrogens is 1. The molecule has 7 nitrogen and oxygen atoms in total. The molecule has 0 aliphatic heterocycles. The van der Waals surface area contributed by atoms with Crippen molar-refractivity contribution in [2.24, 2.45) is 0 Å². The Morgan fingerprint density at radius 1 is 1.50 bits per heavy atom. The Morgan fingerprint density at radius 2 is 2.20 bits per heavy atom. The van der Waals surface area contributed by atoms with E-state index < -0.39 is 10.8 Å². The van der Waals surface area contributed by atoms with Crippen LogP contribution < -0.4 is 10.6 Å². The van der Waals surface area contributed by atoms with E-state index in [2.05, 4.69) is 15.6 Å². The summed E-state index contributed by atoms with van der Waals surface area (Å²) in [6.45, 7) is 4.00. The van der Waals surface area contributed by atoms with Gasteiger partial charge in [0.1, 0.15) is 17.6 Å². The molecule has 0 aliphatic rings. The highest BCUT2D eigenvalue weighted by atomic mass is 16.6. The number of hydrogen-bond donors (Lipinski definition) is 2. The van der Waals surface area contributed by atoms with Crippen molar-refractivity contribution in [3.05, 3.63) is 27.9 Å². The zero-order chi connectivity index (χ0) is 15.1. The van der Waals surface area contributed by atoms with Crippen LogP contribution in [-0.4, -0.2) is 28.9 Å². The van der Waals surface area contributed by atoms with Crippen molar-refractivity contribution in [3.8, 4) is 0 Å². The highest BCUT2D eigenvalue weighted by Crippen LogP contribution is 2.20. The maximum atomic E-state index is 12.2. The SMILES string of the molecule is CCCC(CC)NC(=O)c1cc(NC)ncc1[N+](=O)[O-]. The Kier molecular flexibility index (Phi) is 5.89. The second-order valence-electron chi connectivity index (χ2n) is 4.46. The molecule has 7 heteroatoms. The summed E-state index contributed by atoms with van der Waals surface area (Å²) in [5.74, 6) is -0.0137. The summed E-state index contributed by atoms with van der Waals surface area (Å²) in [6.07, 6.45) is 3.68. The average molecular weight is 280 g/mol. The fourth-order valence-electron chi connectivity index (χ4n) is 1.90. The van der Waals surface area contributed by atoms with E-state index in [9.17, 15) is 14.9 Å². The van der Waals surface area contributed by atoms with E-state index in [-0.39, 0.29) is 17.3 Å². The minimum absolute atomic E-state index is 0.0262. The smallest absolute Gasteiger partial charge is 0.300 e. The predicted molar refractivity (Wildman–Crippen MR) is 76.9 cm³/mol. The molecule has 1 rings (SSSR count). The standard InChI is InChI=1S/C13H20N4O3/c1-4-6-9(5-2)16-13(18)10-7-12(14-3)15-8-11(10)17(19)20/h7-9H,4-6H2,1-3H3,(H,14,15)(H,16,18). The summed E-state index contributed by atoms with van der Waals surface area (Å²) < 4.78 is 0. The fraction of sp³-hybridized carbons (Fsp3) is 0.538. The third kappa shape index (κ3) is 3.91. The Hall–Kier alpha value is -2.18. The second-order valence-corrected chi connectivity index (χ2v) is 4.46. The zero-order valence-electron chi connectivity index (χ0n) is 12.0. The van der Waals surface area contributed by atoms with Crippen LogP contribution in [-0.2, 0) is 0 Å². The van der Waals surface area contributed by atoms with Gasteiger partial charge in [-0.3, -0.25) is 14.9 Å². The molecule has 1 amide bonds. The molecule has 0 radical (unpaired) electrons. The normalized spacial score (nSPS) is 11.8. The van der Waals surface area contributed by atoms with Crippen molar-refractivity contribution in [2.45, 2.75) is 39.2 Å². The van der Waals surface area contributed by atoms with E-state index in [0.29, 0.717) is 5.82 Å². The van der Waals surface area contributed by atoms with Crippen molar-refractivity contribution in [1.29, 1.82) is 0 Å². The number of nitro groups is 1. The van der Waals surface area contributed by atoms with Gasteiger partial charge in [-0.05, 0) is 12.8 Å². The fourth-order valence-corrected chi connectivity index (χ4v) is 1.90. The molecule has 1 heterocycles. The lowest BCUT2D eigenvalue weighted by Crippen LogP contribution is -2.34. The molecule has 0 aliphatic carbocycles. The highest BCUT2D eigenvalue weighted by Gasteiger charge is 2.23. The topological polar surface area (TPSA) is 97.2 Å². The number of nitrogens with zero attached hydrogens (tertiary/aromatic N) is 2. The summed E-state index contributed by atoms with van der Waals surface area (Å²) in [5.41, 5.74) is -0.253. The largest absolute Gasteiger partial charge is 0.373 e. The first-order chi connectivity index (χ1) is 9.53. The van der Waals surface area contributed by atoms with E-state index in [4.69, 9.17) is 0 Å². The number of anilines is 1. The van der Waals surface area contributed by atoms with Crippen LogP contribution in [0, 0.1) is 10.1 Å². The molecule has 1 aromatic heterocycles. The monoisotopic (exact) mass is 280 g/mol. The number of nitrogens with one attached hydrogen (secondary N) is 2. The number of pyridine rings is 1. The summed E-state index contributed by atoms with van der Waals surface area (Å²) in [7, 11) is 1.64. The van der Waals surface area contributed by atoms with E-state index in [1.165, 1.54) is 6.07 Å². The van der Waals surface area contributed by atoms with Gasteiger partial charge in [0.2, 0.25) is 0 Å². The lowest BCUT2D eigenvalue weighted by atomic mass is 10.1. The minimum Gasteiger partial charge on any atom is -0.373 e. The van der Waals surface area contributed by atoms with E-state index >= 15 is 0 Å². The van der Waals surface area contributed by atoms with Gasteiger partial charge in [-0.2, -0.15) is 0 Å². The molecule has 20 heavy (non-hydrogen) atoms. The Balaban J connectivity index is 3.03. The molecule has 0 spiro atoms. The van der Waals surface area contributed by atoms with Gasteiger partial charge in [-0.25, -0.2) is 4.98 Å². The molecular formula is C13H20N4O3. The van der Waals surface area contributed by atoms with Gasteiger partial charge in [0.05, 0.1) is 4.92 Å². The van der Waals surface area contributed by atoms with Crippen LogP contribution in [0.1, 0.15) is 43.5 Å². The van der Waals surface area contributed by atoms with Gasteiger partial charge in [0.15, 0.2) is 0 Å². The minimum atomic E-state index is -0.595. The number of carbonyl (C=O) groups excluding carboxylic acids is 1. The van der Waals surface area contributed by atoms with E-state index in [1.807, 2.05) is 13.8 Å². The Bertz CT molecular complexity index is 491. The van der Waals surface area contributed by atoms with Crippen LogP contribution in [0.3, 0.4) is 0 Å². The van der Waals surface area contributed by atoms with Gasteiger partial charge >= 0.3 is 0 Å². The van der Waals surface area contributed by atoms with Crippen molar-refractivity contribution >= 4 is 17.4 Å². The zero-order valence-corrected chi connectivity index (χ0v) is 12.0. The van der Waals surface area contributed by atoms with Crippen molar-refractivity contribution < 1.29 is 9.72 Å². The maximum absolute atomic E-state index is 12.2. The number of rotatable bonds is 7. The first-order valence-corrected chi connectivity index (χ1v) is 6.66. The van der Waals surface area contributed by atoms with Crippen LogP contribution in [0.5, 0.6) is 0 Å². The average Bonchev–Trinajstić information content (AvgIpc) is 2.45. The van der Waals surface area contributed by atoms with E-state index in [1.54, 1.807) is 7.05 Å². The van der Waals surface area contributed by atoms with E-state index in [0.717, 1.165) is 25.5 Å². The van der Waals surface area contributed by atoms with Gasteiger partial charge in [-0.1, -0.05) is 20.3 Å². The van der Waals surface area contributed by atoms with Gasteiger partial charge in [0.25, 0.3) is 11.6 Å². The van der Waals surface area contributed by atoms with Crippen molar-refractivity contribution in [2.75, 3.05) is 12.4 Å².